The minimum absolute atomic E-state index is 0.549. The van der Waals surface area contributed by atoms with Crippen molar-refractivity contribution in [3.63, 3.8) is 0 Å². The number of para-hydroxylation sites is 1. The number of hydrogen-bond acceptors (Lipinski definition) is 5. The van der Waals surface area contributed by atoms with Crippen LogP contribution in [-0.4, -0.2) is 18.2 Å². The molecule has 1 aromatic heterocycles. The molecular formula is C19H19N3O2. The van der Waals surface area contributed by atoms with Gasteiger partial charge in [0.25, 0.3) is 0 Å². The van der Waals surface area contributed by atoms with E-state index in [1.54, 1.807) is 0 Å². The monoisotopic (exact) mass is 321 g/mol. The van der Waals surface area contributed by atoms with E-state index in [-0.39, 0.29) is 0 Å². The van der Waals surface area contributed by atoms with Crippen molar-refractivity contribution >= 4 is 5.82 Å². The zero-order chi connectivity index (χ0) is 16.4. The molecule has 1 N–H and O–H groups in total. The van der Waals surface area contributed by atoms with Crippen molar-refractivity contribution < 1.29 is 9.47 Å². The van der Waals surface area contributed by atoms with Crippen LogP contribution in [0.1, 0.15) is 35.1 Å². The van der Waals surface area contributed by atoms with Gasteiger partial charge in [0.2, 0.25) is 0 Å². The molecule has 2 aromatic rings. The van der Waals surface area contributed by atoms with E-state index in [0.29, 0.717) is 31.1 Å². The molecule has 122 valence electrons. The summed E-state index contributed by atoms with van der Waals surface area (Å²) < 4.78 is 11.4. The molecule has 0 radical (unpaired) electrons. The molecule has 5 nitrogen and oxygen atoms in total. The Morgan fingerprint density at radius 2 is 2.04 bits per heavy atom. The molecule has 24 heavy (non-hydrogen) atoms. The number of hydrogen-bond donors (Lipinski definition) is 1. The quantitative estimate of drug-likeness (QED) is 0.940. The molecule has 1 aromatic carbocycles. The van der Waals surface area contributed by atoms with Gasteiger partial charge in [0.15, 0.2) is 11.5 Å². The van der Waals surface area contributed by atoms with Crippen molar-refractivity contribution in [2.24, 2.45) is 0 Å². The Morgan fingerprint density at radius 3 is 2.96 bits per heavy atom. The smallest absolute Gasteiger partial charge is 0.166 e. The minimum atomic E-state index is 0.549. The van der Waals surface area contributed by atoms with Crippen LogP contribution in [0.25, 0.3) is 0 Å². The average molecular weight is 321 g/mol. The molecule has 2 aliphatic rings. The SMILES string of the molecule is N#Cc1c(NCc2cccc3c2OCCO3)ncc2c1CCCC2. The van der Waals surface area contributed by atoms with Gasteiger partial charge in [-0.1, -0.05) is 12.1 Å². The highest BCUT2D eigenvalue weighted by Gasteiger charge is 2.19. The number of anilines is 1. The predicted molar refractivity (Wildman–Crippen MR) is 90.4 cm³/mol. The zero-order valence-electron chi connectivity index (χ0n) is 13.5. The first kappa shape index (κ1) is 14.8. The molecule has 0 amide bonds. The second-order valence-electron chi connectivity index (χ2n) is 6.10. The maximum atomic E-state index is 9.59. The number of pyridine rings is 1. The van der Waals surface area contributed by atoms with Crippen LogP contribution >= 0.6 is 0 Å². The van der Waals surface area contributed by atoms with Crippen LogP contribution in [0.2, 0.25) is 0 Å². The van der Waals surface area contributed by atoms with Gasteiger partial charge in [-0.05, 0) is 42.9 Å². The predicted octanol–water partition coefficient (Wildman–Crippen LogP) is 3.22. The standard InChI is InChI=1S/C19H19N3O2/c20-10-16-15-6-2-1-4-13(15)11-21-19(16)22-12-14-5-3-7-17-18(14)24-9-8-23-17/h3,5,7,11H,1-2,4,6,8-9,12H2,(H,21,22). The zero-order valence-corrected chi connectivity index (χ0v) is 13.5. The number of benzene rings is 1. The second kappa shape index (κ2) is 6.40. The van der Waals surface area contributed by atoms with Crippen molar-refractivity contribution in [2.45, 2.75) is 32.2 Å². The maximum Gasteiger partial charge on any atom is 0.166 e. The lowest BCUT2D eigenvalue weighted by Gasteiger charge is -2.22. The average Bonchev–Trinajstić information content (AvgIpc) is 2.65. The van der Waals surface area contributed by atoms with Gasteiger partial charge < -0.3 is 14.8 Å². The number of ether oxygens (including phenoxy) is 2. The van der Waals surface area contributed by atoms with Crippen molar-refractivity contribution in [1.29, 1.82) is 5.26 Å². The number of nitriles is 1. The number of nitrogens with zero attached hydrogens (tertiary/aromatic N) is 2. The number of nitrogens with one attached hydrogen (secondary N) is 1. The molecule has 1 aliphatic heterocycles. The fraction of sp³-hybridized carbons (Fsp3) is 0.368. The number of rotatable bonds is 3. The lowest BCUT2D eigenvalue weighted by atomic mass is 9.90. The molecule has 0 bridgehead atoms. The Labute approximate surface area is 141 Å². The van der Waals surface area contributed by atoms with Crippen LogP contribution in [-0.2, 0) is 19.4 Å². The van der Waals surface area contributed by atoms with Gasteiger partial charge in [-0.25, -0.2) is 4.98 Å². The van der Waals surface area contributed by atoms with Crippen molar-refractivity contribution in [1.82, 2.24) is 4.98 Å². The highest BCUT2D eigenvalue weighted by molar-refractivity contribution is 5.59. The topological polar surface area (TPSA) is 67.2 Å². The lowest BCUT2D eigenvalue weighted by Crippen LogP contribution is -2.17. The lowest BCUT2D eigenvalue weighted by molar-refractivity contribution is 0.170. The summed E-state index contributed by atoms with van der Waals surface area (Å²) in [5.41, 5.74) is 4.08. The van der Waals surface area contributed by atoms with E-state index < -0.39 is 0 Å². The fourth-order valence-corrected chi connectivity index (χ4v) is 3.41. The van der Waals surface area contributed by atoms with E-state index in [4.69, 9.17) is 9.47 Å². The van der Waals surface area contributed by atoms with Crippen LogP contribution in [0.4, 0.5) is 5.82 Å². The van der Waals surface area contributed by atoms with Crippen LogP contribution in [0.3, 0.4) is 0 Å². The molecule has 1 aliphatic carbocycles. The Hall–Kier alpha value is -2.74. The third-order valence-corrected chi connectivity index (χ3v) is 4.60. The van der Waals surface area contributed by atoms with E-state index in [1.807, 2.05) is 24.4 Å². The molecule has 0 saturated heterocycles. The number of aryl methyl sites for hydroxylation is 1. The molecule has 0 atom stereocenters. The maximum absolute atomic E-state index is 9.59. The first-order valence-corrected chi connectivity index (χ1v) is 8.39. The van der Waals surface area contributed by atoms with Gasteiger partial charge in [-0.3, -0.25) is 0 Å². The van der Waals surface area contributed by atoms with E-state index in [1.165, 1.54) is 12.0 Å². The van der Waals surface area contributed by atoms with Crippen molar-refractivity contribution in [3.8, 4) is 17.6 Å². The minimum Gasteiger partial charge on any atom is -0.486 e. The summed E-state index contributed by atoms with van der Waals surface area (Å²) in [4.78, 5) is 4.48. The number of fused-ring (bicyclic) bond motifs is 2. The van der Waals surface area contributed by atoms with Crippen molar-refractivity contribution in [2.75, 3.05) is 18.5 Å². The van der Waals surface area contributed by atoms with E-state index >= 15 is 0 Å². The third-order valence-electron chi connectivity index (χ3n) is 4.60. The normalized spacial score (nSPS) is 15.3. The Kier molecular flexibility index (Phi) is 3.96. The molecular weight excluding hydrogens is 302 g/mol. The van der Waals surface area contributed by atoms with Gasteiger partial charge in [-0.15, -0.1) is 0 Å². The molecule has 5 heteroatoms. The first-order valence-electron chi connectivity index (χ1n) is 8.39. The van der Waals surface area contributed by atoms with Crippen LogP contribution in [0, 0.1) is 11.3 Å². The van der Waals surface area contributed by atoms with Gasteiger partial charge in [0, 0.05) is 18.3 Å². The van der Waals surface area contributed by atoms with Gasteiger partial charge >= 0.3 is 0 Å². The summed E-state index contributed by atoms with van der Waals surface area (Å²) in [5.74, 6) is 2.22. The number of aromatic nitrogens is 1. The van der Waals surface area contributed by atoms with Crippen LogP contribution < -0.4 is 14.8 Å². The Bertz CT molecular complexity index is 811. The van der Waals surface area contributed by atoms with E-state index in [9.17, 15) is 5.26 Å². The van der Waals surface area contributed by atoms with Gasteiger partial charge in [0.1, 0.15) is 25.1 Å². The van der Waals surface area contributed by atoms with Gasteiger partial charge in [-0.2, -0.15) is 5.26 Å². The van der Waals surface area contributed by atoms with E-state index in [0.717, 1.165) is 41.9 Å². The molecule has 0 unspecified atom stereocenters. The highest BCUT2D eigenvalue weighted by atomic mass is 16.6. The first-order chi connectivity index (χ1) is 11.9. The second-order valence-corrected chi connectivity index (χ2v) is 6.10. The van der Waals surface area contributed by atoms with Crippen molar-refractivity contribution in [3.05, 3.63) is 46.6 Å². The third kappa shape index (κ3) is 2.65. The summed E-state index contributed by atoms with van der Waals surface area (Å²) in [6, 6.07) is 8.21. The molecule has 0 fully saturated rings. The molecule has 4 rings (SSSR count). The fourth-order valence-electron chi connectivity index (χ4n) is 3.41. The Balaban J connectivity index is 1.60. The summed E-state index contributed by atoms with van der Waals surface area (Å²) >= 11 is 0. The Morgan fingerprint density at radius 1 is 1.17 bits per heavy atom. The van der Waals surface area contributed by atoms with Crippen LogP contribution in [0.5, 0.6) is 11.5 Å². The molecule has 0 saturated carbocycles. The van der Waals surface area contributed by atoms with E-state index in [2.05, 4.69) is 16.4 Å². The van der Waals surface area contributed by atoms with Gasteiger partial charge in [0.05, 0.1) is 5.56 Å². The summed E-state index contributed by atoms with van der Waals surface area (Å²) in [7, 11) is 0. The highest BCUT2D eigenvalue weighted by Crippen LogP contribution is 2.34. The largest absolute Gasteiger partial charge is 0.486 e. The summed E-state index contributed by atoms with van der Waals surface area (Å²) in [6.45, 7) is 1.69. The van der Waals surface area contributed by atoms with Crippen LogP contribution in [0.15, 0.2) is 24.4 Å². The summed E-state index contributed by atoms with van der Waals surface area (Å²) in [6.07, 6.45) is 6.22. The molecule has 2 heterocycles. The summed E-state index contributed by atoms with van der Waals surface area (Å²) in [5, 5.41) is 12.9. The molecule has 0 spiro atoms.